The van der Waals surface area contributed by atoms with Crippen molar-refractivity contribution in [2.45, 2.75) is 19.4 Å². The molecule has 0 aliphatic rings. The summed E-state index contributed by atoms with van der Waals surface area (Å²) in [6.07, 6.45) is 3.54. The second-order valence-corrected chi connectivity index (χ2v) is 6.99. The fraction of sp³-hybridized carbons (Fsp3) is 0.190. The monoisotopic (exact) mass is 459 g/mol. The summed E-state index contributed by atoms with van der Waals surface area (Å²) in [6.45, 7) is 5.22. The number of rotatable bonds is 8. The van der Waals surface area contributed by atoms with Gasteiger partial charge in [0.05, 0.1) is 18.9 Å². The molecule has 2 aromatic carbocycles. The van der Waals surface area contributed by atoms with Gasteiger partial charge in [0.1, 0.15) is 6.04 Å². The predicted octanol–water partition coefficient (Wildman–Crippen LogP) is 3.16. The van der Waals surface area contributed by atoms with Gasteiger partial charge in [-0.3, -0.25) is 9.59 Å². The lowest BCUT2D eigenvalue weighted by Crippen LogP contribution is -2.43. The highest BCUT2D eigenvalue weighted by Crippen LogP contribution is 2.31. The summed E-state index contributed by atoms with van der Waals surface area (Å²) in [6, 6.07) is 9.45. The molecule has 1 atom stereocenters. The lowest BCUT2D eigenvalue weighted by molar-refractivity contribution is -0.122. The summed E-state index contributed by atoms with van der Waals surface area (Å²) >= 11 is 3.31. The summed E-state index contributed by atoms with van der Waals surface area (Å²) in [4.78, 5) is 24.5. The standard InChI is InChI=1S/C21H22BrN3O4/c1-4-7-15-10-14(11-18(29-3)19(15)26)12-23-25-20(27)13(2)24-21(28)16-8-5-6-9-17(16)22/h4-6,8-13,26H,1,7H2,2-3H3,(H,24,28)(H,25,27)/b23-12+. The van der Waals surface area contributed by atoms with Gasteiger partial charge in [-0.25, -0.2) is 5.43 Å². The molecule has 0 aliphatic heterocycles. The summed E-state index contributed by atoms with van der Waals surface area (Å²) in [7, 11) is 1.45. The number of ether oxygens (including phenoxy) is 1. The van der Waals surface area contributed by atoms with Crippen molar-refractivity contribution in [3.05, 3.63) is 70.2 Å². The molecule has 0 fully saturated rings. The SMILES string of the molecule is C=CCc1cc(/C=N/NC(=O)C(C)NC(=O)c2ccccc2Br)cc(OC)c1O. The molecule has 0 heterocycles. The zero-order valence-electron chi connectivity index (χ0n) is 16.1. The Bertz CT molecular complexity index is 944. The minimum atomic E-state index is -0.794. The van der Waals surface area contributed by atoms with Gasteiger partial charge in [-0.05, 0) is 59.1 Å². The van der Waals surface area contributed by atoms with Gasteiger partial charge in [-0.15, -0.1) is 6.58 Å². The largest absolute Gasteiger partial charge is 0.504 e. The molecular formula is C21H22BrN3O4. The highest BCUT2D eigenvalue weighted by Gasteiger charge is 2.17. The molecule has 0 saturated carbocycles. The van der Waals surface area contributed by atoms with Crippen molar-refractivity contribution in [1.82, 2.24) is 10.7 Å². The maximum absolute atomic E-state index is 12.3. The number of phenols is 1. The first-order valence-electron chi connectivity index (χ1n) is 8.76. The maximum Gasteiger partial charge on any atom is 0.262 e. The number of nitrogens with zero attached hydrogens (tertiary/aromatic N) is 1. The highest BCUT2D eigenvalue weighted by molar-refractivity contribution is 9.10. The number of benzene rings is 2. The summed E-state index contributed by atoms with van der Waals surface area (Å²) in [5, 5.41) is 16.6. The molecular weight excluding hydrogens is 438 g/mol. The summed E-state index contributed by atoms with van der Waals surface area (Å²) in [5.74, 6) is -0.511. The molecule has 0 spiro atoms. The van der Waals surface area contributed by atoms with E-state index in [9.17, 15) is 14.7 Å². The molecule has 1 unspecified atom stereocenters. The Labute approximate surface area is 177 Å². The van der Waals surface area contributed by atoms with Gasteiger partial charge >= 0.3 is 0 Å². The van der Waals surface area contributed by atoms with Gasteiger partial charge in [0.25, 0.3) is 11.8 Å². The van der Waals surface area contributed by atoms with Crippen molar-refractivity contribution in [2.75, 3.05) is 7.11 Å². The zero-order valence-corrected chi connectivity index (χ0v) is 17.7. The second-order valence-electron chi connectivity index (χ2n) is 6.13. The van der Waals surface area contributed by atoms with Crippen LogP contribution in [0.1, 0.15) is 28.4 Å². The zero-order chi connectivity index (χ0) is 21.4. The van der Waals surface area contributed by atoms with Gasteiger partial charge in [0, 0.05) is 10.0 Å². The van der Waals surface area contributed by atoms with E-state index in [0.29, 0.717) is 33.3 Å². The number of halogens is 1. The van der Waals surface area contributed by atoms with Crippen molar-refractivity contribution in [3.63, 3.8) is 0 Å². The number of hydrogen-bond acceptors (Lipinski definition) is 5. The van der Waals surface area contributed by atoms with Crippen LogP contribution in [0.3, 0.4) is 0 Å². The Kier molecular flexibility index (Phi) is 7.97. The molecule has 0 aromatic heterocycles. The average molecular weight is 460 g/mol. The van der Waals surface area contributed by atoms with E-state index < -0.39 is 11.9 Å². The van der Waals surface area contributed by atoms with Crippen LogP contribution in [-0.2, 0) is 11.2 Å². The van der Waals surface area contributed by atoms with Crippen molar-refractivity contribution >= 4 is 34.0 Å². The van der Waals surface area contributed by atoms with Crippen LogP contribution in [0, 0.1) is 0 Å². The van der Waals surface area contributed by atoms with Gasteiger partial charge < -0.3 is 15.2 Å². The molecule has 2 amide bonds. The first-order valence-corrected chi connectivity index (χ1v) is 9.55. The number of methoxy groups -OCH3 is 1. The van der Waals surface area contributed by atoms with Crippen molar-refractivity contribution in [3.8, 4) is 11.5 Å². The number of carbonyl (C=O) groups excluding carboxylic acids is 2. The van der Waals surface area contributed by atoms with Gasteiger partial charge in [-0.2, -0.15) is 5.10 Å². The molecule has 2 rings (SSSR count). The molecule has 2 aromatic rings. The van der Waals surface area contributed by atoms with E-state index >= 15 is 0 Å². The van der Waals surface area contributed by atoms with Crippen LogP contribution in [-0.4, -0.2) is 36.3 Å². The van der Waals surface area contributed by atoms with Crippen LogP contribution in [0.15, 0.2) is 58.6 Å². The number of amides is 2. The van der Waals surface area contributed by atoms with E-state index in [-0.39, 0.29) is 11.7 Å². The number of aromatic hydroxyl groups is 1. The van der Waals surface area contributed by atoms with Crippen LogP contribution < -0.4 is 15.5 Å². The van der Waals surface area contributed by atoms with E-state index in [0.717, 1.165) is 0 Å². The molecule has 3 N–H and O–H groups in total. The third-order valence-electron chi connectivity index (χ3n) is 4.01. The number of carbonyl (C=O) groups is 2. The third-order valence-corrected chi connectivity index (χ3v) is 4.70. The minimum Gasteiger partial charge on any atom is -0.504 e. The summed E-state index contributed by atoms with van der Waals surface area (Å²) in [5.41, 5.74) is 4.07. The van der Waals surface area contributed by atoms with E-state index in [4.69, 9.17) is 4.74 Å². The Morgan fingerprint density at radius 3 is 2.72 bits per heavy atom. The van der Waals surface area contributed by atoms with E-state index in [1.807, 2.05) is 0 Å². The van der Waals surface area contributed by atoms with Gasteiger partial charge in [0.2, 0.25) is 0 Å². The van der Waals surface area contributed by atoms with Gasteiger partial charge in [-0.1, -0.05) is 18.2 Å². The van der Waals surface area contributed by atoms with Crippen LogP contribution in [0.5, 0.6) is 11.5 Å². The number of hydrogen-bond donors (Lipinski definition) is 3. The fourth-order valence-electron chi connectivity index (χ4n) is 2.48. The topological polar surface area (TPSA) is 100 Å². The molecule has 0 bridgehead atoms. The maximum atomic E-state index is 12.3. The molecule has 0 saturated heterocycles. The first kappa shape index (κ1) is 22.2. The lowest BCUT2D eigenvalue weighted by Gasteiger charge is -2.13. The Morgan fingerprint density at radius 2 is 2.07 bits per heavy atom. The Hall–Kier alpha value is -3.13. The molecule has 0 aliphatic carbocycles. The molecule has 7 nitrogen and oxygen atoms in total. The highest BCUT2D eigenvalue weighted by atomic mass is 79.9. The normalized spacial score (nSPS) is 11.7. The number of allylic oxidation sites excluding steroid dienone is 1. The molecule has 29 heavy (non-hydrogen) atoms. The summed E-state index contributed by atoms with van der Waals surface area (Å²) < 4.78 is 5.79. The molecule has 8 heteroatoms. The lowest BCUT2D eigenvalue weighted by atomic mass is 10.1. The van der Waals surface area contributed by atoms with Crippen LogP contribution in [0.2, 0.25) is 0 Å². The van der Waals surface area contributed by atoms with E-state index in [1.165, 1.54) is 13.3 Å². The molecule has 0 radical (unpaired) electrons. The van der Waals surface area contributed by atoms with Crippen molar-refractivity contribution in [2.24, 2.45) is 5.10 Å². The predicted molar refractivity (Wildman–Crippen MR) is 115 cm³/mol. The number of hydrazone groups is 1. The van der Waals surface area contributed by atoms with Crippen LogP contribution in [0.25, 0.3) is 0 Å². The van der Waals surface area contributed by atoms with Crippen molar-refractivity contribution in [1.29, 1.82) is 0 Å². The van der Waals surface area contributed by atoms with Gasteiger partial charge in [0.15, 0.2) is 11.5 Å². The Balaban J connectivity index is 2.01. The smallest absolute Gasteiger partial charge is 0.262 e. The number of nitrogens with one attached hydrogen (secondary N) is 2. The van der Waals surface area contributed by atoms with Crippen molar-refractivity contribution < 1.29 is 19.4 Å². The van der Waals surface area contributed by atoms with E-state index in [1.54, 1.807) is 49.4 Å². The van der Waals surface area contributed by atoms with E-state index in [2.05, 4.69) is 38.4 Å². The fourth-order valence-corrected chi connectivity index (χ4v) is 2.95. The minimum absolute atomic E-state index is 0.0389. The number of phenolic OH excluding ortho intramolecular Hbond substituents is 1. The Morgan fingerprint density at radius 1 is 1.34 bits per heavy atom. The second kappa shape index (κ2) is 10.4. The third kappa shape index (κ3) is 5.92. The first-order chi connectivity index (χ1) is 13.9. The quantitative estimate of drug-likeness (QED) is 0.320. The van der Waals surface area contributed by atoms with Crippen LogP contribution >= 0.6 is 15.9 Å². The average Bonchev–Trinajstić information content (AvgIpc) is 2.70. The van der Waals surface area contributed by atoms with Crippen LogP contribution in [0.4, 0.5) is 0 Å². The molecule has 152 valence electrons.